The third kappa shape index (κ3) is 4.83. The number of carbonyl (C=O) groups is 1. The lowest BCUT2D eigenvalue weighted by Gasteiger charge is -2.20. The van der Waals surface area contributed by atoms with Crippen molar-refractivity contribution in [2.45, 2.75) is 33.2 Å². The zero-order chi connectivity index (χ0) is 15.1. The van der Waals surface area contributed by atoms with Gasteiger partial charge in [0.25, 0.3) is 5.91 Å². The Morgan fingerprint density at radius 2 is 2.10 bits per heavy atom. The monoisotopic (exact) mass is 278 g/mol. The molecule has 5 heteroatoms. The average molecular weight is 278 g/mol. The van der Waals surface area contributed by atoms with Crippen LogP contribution in [0.15, 0.2) is 18.2 Å². The molecule has 0 bridgehead atoms. The molecule has 0 radical (unpaired) electrons. The van der Waals surface area contributed by atoms with E-state index in [1.165, 1.54) is 0 Å². The fraction of sp³-hybridized carbons (Fsp3) is 0.533. The maximum absolute atomic E-state index is 12.0. The number of benzene rings is 1. The van der Waals surface area contributed by atoms with Crippen LogP contribution in [0.2, 0.25) is 0 Å². The van der Waals surface area contributed by atoms with Gasteiger partial charge in [-0.15, -0.1) is 0 Å². The maximum atomic E-state index is 12.0. The lowest BCUT2D eigenvalue weighted by Crippen LogP contribution is -2.31. The molecule has 112 valence electrons. The van der Waals surface area contributed by atoms with Crippen molar-refractivity contribution in [2.75, 3.05) is 25.6 Å². The highest BCUT2D eigenvalue weighted by atomic mass is 16.1. The van der Waals surface area contributed by atoms with E-state index >= 15 is 0 Å². The predicted molar refractivity (Wildman–Crippen MR) is 83.7 cm³/mol. The standard InChI is InChI=1S/C15H26N4O/c1-11(2)19(4)9-5-8-17-15(20)13-6-7-14(18-16)12(3)10-13/h6-7,10-11,18H,5,8-9,16H2,1-4H3,(H,17,20). The summed E-state index contributed by atoms with van der Waals surface area (Å²) in [5, 5.41) is 2.94. The Labute approximate surface area is 121 Å². The number of nitrogens with zero attached hydrogens (tertiary/aromatic N) is 1. The van der Waals surface area contributed by atoms with Crippen molar-refractivity contribution < 1.29 is 4.79 Å². The first kappa shape index (κ1) is 16.5. The maximum Gasteiger partial charge on any atom is 0.251 e. The number of hydrogen-bond acceptors (Lipinski definition) is 4. The van der Waals surface area contributed by atoms with E-state index in [9.17, 15) is 4.79 Å². The second-order valence-corrected chi connectivity index (χ2v) is 5.36. The van der Waals surface area contributed by atoms with E-state index in [-0.39, 0.29) is 5.91 Å². The third-order valence-corrected chi connectivity index (χ3v) is 3.50. The summed E-state index contributed by atoms with van der Waals surface area (Å²) in [6, 6.07) is 5.96. The summed E-state index contributed by atoms with van der Waals surface area (Å²) in [6.45, 7) is 7.91. The fourth-order valence-electron chi connectivity index (χ4n) is 1.86. The lowest BCUT2D eigenvalue weighted by molar-refractivity contribution is 0.0951. The molecular weight excluding hydrogens is 252 g/mol. The zero-order valence-electron chi connectivity index (χ0n) is 12.9. The Hall–Kier alpha value is -1.59. The van der Waals surface area contributed by atoms with Crippen LogP contribution in [-0.4, -0.2) is 37.0 Å². The Morgan fingerprint density at radius 3 is 2.65 bits per heavy atom. The van der Waals surface area contributed by atoms with Gasteiger partial charge >= 0.3 is 0 Å². The van der Waals surface area contributed by atoms with Crippen LogP contribution in [0.5, 0.6) is 0 Å². The molecule has 0 spiro atoms. The van der Waals surface area contributed by atoms with E-state index in [0.29, 0.717) is 18.2 Å². The molecule has 0 saturated carbocycles. The molecule has 1 rings (SSSR count). The molecule has 0 aromatic heterocycles. The van der Waals surface area contributed by atoms with Crippen LogP contribution < -0.4 is 16.6 Å². The molecule has 4 N–H and O–H groups in total. The second-order valence-electron chi connectivity index (χ2n) is 5.36. The summed E-state index contributed by atoms with van der Waals surface area (Å²) in [5.41, 5.74) is 5.06. The molecule has 0 aliphatic rings. The highest BCUT2D eigenvalue weighted by Crippen LogP contribution is 2.15. The number of nitrogens with one attached hydrogen (secondary N) is 2. The van der Waals surface area contributed by atoms with Crippen LogP contribution in [0.4, 0.5) is 5.69 Å². The number of nitrogens with two attached hydrogens (primary N) is 1. The summed E-state index contributed by atoms with van der Waals surface area (Å²) in [7, 11) is 2.09. The quantitative estimate of drug-likeness (QED) is 0.404. The minimum absolute atomic E-state index is 0.0381. The van der Waals surface area contributed by atoms with Crippen molar-refractivity contribution >= 4 is 11.6 Å². The van der Waals surface area contributed by atoms with Crippen molar-refractivity contribution in [1.82, 2.24) is 10.2 Å². The van der Waals surface area contributed by atoms with E-state index in [1.807, 2.05) is 19.1 Å². The summed E-state index contributed by atoms with van der Waals surface area (Å²) in [4.78, 5) is 14.3. The van der Waals surface area contributed by atoms with Gasteiger partial charge in [0.05, 0.1) is 5.69 Å². The Balaban J connectivity index is 2.41. The molecule has 0 unspecified atom stereocenters. The van der Waals surface area contributed by atoms with Crippen molar-refractivity contribution in [3.8, 4) is 0 Å². The highest BCUT2D eigenvalue weighted by molar-refractivity contribution is 5.94. The van der Waals surface area contributed by atoms with Gasteiger partial charge in [0, 0.05) is 18.2 Å². The van der Waals surface area contributed by atoms with E-state index in [1.54, 1.807) is 6.07 Å². The van der Waals surface area contributed by atoms with Gasteiger partial charge in [-0.2, -0.15) is 0 Å². The van der Waals surface area contributed by atoms with Gasteiger partial charge in [0.1, 0.15) is 0 Å². The van der Waals surface area contributed by atoms with E-state index in [0.717, 1.165) is 24.2 Å². The summed E-state index contributed by atoms with van der Waals surface area (Å²) in [5.74, 6) is 5.33. The van der Waals surface area contributed by atoms with Crippen LogP contribution in [0.25, 0.3) is 0 Å². The molecule has 20 heavy (non-hydrogen) atoms. The number of amides is 1. The first-order chi connectivity index (χ1) is 9.45. The molecule has 1 aromatic rings. The van der Waals surface area contributed by atoms with Crippen LogP contribution in [0.1, 0.15) is 36.2 Å². The van der Waals surface area contributed by atoms with Crippen LogP contribution in [0, 0.1) is 6.92 Å². The van der Waals surface area contributed by atoms with Gasteiger partial charge in [-0.05, 0) is 64.5 Å². The third-order valence-electron chi connectivity index (χ3n) is 3.50. The van der Waals surface area contributed by atoms with Crippen LogP contribution in [0.3, 0.4) is 0 Å². The summed E-state index contributed by atoms with van der Waals surface area (Å²) in [6.07, 6.45) is 0.946. The van der Waals surface area contributed by atoms with Gasteiger partial charge in [-0.3, -0.25) is 10.6 Å². The Morgan fingerprint density at radius 1 is 1.40 bits per heavy atom. The van der Waals surface area contributed by atoms with E-state index < -0.39 is 0 Å². The number of hydrazine groups is 1. The van der Waals surface area contributed by atoms with Crippen LogP contribution in [-0.2, 0) is 0 Å². The zero-order valence-corrected chi connectivity index (χ0v) is 12.9. The molecule has 0 atom stereocenters. The number of aryl methyl sites for hydroxylation is 1. The fourth-order valence-corrected chi connectivity index (χ4v) is 1.86. The molecule has 1 aromatic carbocycles. The number of rotatable bonds is 7. The van der Waals surface area contributed by atoms with E-state index in [4.69, 9.17) is 5.84 Å². The van der Waals surface area contributed by atoms with Gasteiger partial charge < -0.3 is 15.6 Å². The largest absolute Gasteiger partial charge is 0.352 e. The van der Waals surface area contributed by atoms with Crippen molar-refractivity contribution in [1.29, 1.82) is 0 Å². The van der Waals surface area contributed by atoms with Gasteiger partial charge in [-0.25, -0.2) is 0 Å². The molecule has 0 fully saturated rings. The van der Waals surface area contributed by atoms with E-state index in [2.05, 4.69) is 36.5 Å². The van der Waals surface area contributed by atoms with Crippen molar-refractivity contribution in [3.05, 3.63) is 29.3 Å². The molecule has 5 nitrogen and oxygen atoms in total. The lowest BCUT2D eigenvalue weighted by atomic mass is 10.1. The number of carbonyl (C=O) groups excluding carboxylic acids is 1. The van der Waals surface area contributed by atoms with Crippen LogP contribution >= 0.6 is 0 Å². The van der Waals surface area contributed by atoms with Gasteiger partial charge in [0.15, 0.2) is 0 Å². The molecule has 0 aliphatic heterocycles. The van der Waals surface area contributed by atoms with Crippen molar-refractivity contribution in [2.24, 2.45) is 5.84 Å². The number of anilines is 1. The number of hydrogen-bond donors (Lipinski definition) is 3. The van der Waals surface area contributed by atoms with Gasteiger partial charge in [0.2, 0.25) is 0 Å². The molecule has 0 aliphatic carbocycles. The van der Waals surface area contributed by atoms with Crippen molar-refractivity contribution in [3.63, 3.8) is 0 Å². The highest BCUT2D eigenvalue weighted by Gasteiger charge is 2.07. The first-order valence-electron chi connectivity index (χ1n) is 7.01. The smallest absolute Gasteiger partial charge is 0.251 e. The Bertz CT molecular complexity index is 445. The minimum atomic E-state index is -0.0381. The SMILES string of the molecule is Cc1cc(C(=O)NCCCN(C)C(C)C)ccc1NN. The van der Waals surface area contributed by atoms with Gasteiger partial charge in [-0.1, -0.05) is 0 Å². The number of nitrogen functional groups attached to an aromatic ring is 1. The average Bonchev–Trinajstić information content (AvgIpc) is 2.42. The molecule has 0 heterocycles. The first-order valence-corrected chi connectivity index (χ1v) is 7.01. The second kappa shape index (κ2) is 7.87. The minimum Gasteiger partial charge on any atom is -0.352 e. The molecular formula is C15H26N4O. The molecule has 0 saturated heterocycles. The topological polar surface area (TPSA) is 70.4 Å². The molecule has 1 amide bonds. The summed E-state index contributed by atoms with van der Waals surface area (Å²) >= 11 is 0. The Kier molecular flexibility index (Phi) is 6.48. The summed E-state index contributed by atoms with van der Waals surface area (Å²) < 4.78 is 0. The normalized spacial score (nSPS) is 10.9. The predicted octanol–water partition coefficient (Wildman–Crippen LogP) is 1.74.